The molecule has 140 valence electrons. The lowest BCUT2D eigenvalue weighted by atomic mass is 10.2. The number of halogens is 1. The third kappa shape index (κ3) is 4.68. The highest BCUT2D eigenvalue weighted by Crippen LogP contribution is 2.25. The third-order valence-electron chi connectivity index (χ3n) is 3.85. The minimum atomic E-state index is -3.68. The summed E-state index contributed by atoms with van der Waals surface area (Å²) < 4.78 is 30.7. The predicted octanol–water partition coefficient (Wildman–Crippen LogP) is 3.45. The minimum Gasteiger partial charge on any atom is -0.497 e. The second-order valence-electron chi connectivity index (χ2n) is 5.89. The molecule has 2 aromatic rings. The molecule has 0 spiro atoms. The van der Waals surface area contributed by atoms with Crippen LogP contribution in [0.3, 0.4) is 0 Å². The van der Waals surface area contributed by atoms with E-state index in [-0.39, 0.29) is 0 Å². The van der Waals surface area contributed by atoms with Crippen LogP contribution in [0, 0.1) is 6.92 Å². The van der Waals surface area contributed by atoms with Crippen molar-refractivity contribution in [3.63, 3.8) is 0 Å². The monoisotopic (exact) mass is 396 g/mol. The number of aryl methyl sites for hydroxylation is 1. The van der Waals surface area contributed by atoms with Crippen LogP contribution >= 0.6 is 11.6 Å². The molecule has 0 fully saturated rings. The summed E-state index contributed by atoms with van der Waals surface area (Å²) in [6, 6.07) is 10.6. The maximum atomic E-state index is 12.6. The molecule has 0 aliphatic rings. The van der Waals surface area contributed by atoms with Gasteiger partial charge in [-0.1, -0.05) is 17.7 Å². The topological polar surface area (TPSA) is 75.7 Å². The maximum absolute atomic E-state index is 12.6. The van der Waals surface area contributed by atoms with E-state index in [1.165, 1.54) is 14.0 Å². The van der Waals surface area contributed by atoms with Crippen molar-refractivity contribution in [2.24, 2.45) is 0 Å². The standard InChI is InChI=1S/C18H21ClN2O4S/c1-12-5-6-14(11-17(12)19)20-18(22)13(2)21(26(4,23)24)15-7-9-16(25-3)10-8-15/h5-11,13H,1-4H3,(H,20,22)/t13-/m0/s1. The van der Waals surface area contributed by atoms with Gasteiger partial charge in [0.1, 0.15) is 11.8 Å². The molecule has 1 amide bonds. The Morgan fingerprint density at radius 3 is 2.31 bits per heavy atom. The van der Waals surface area contributed by atoms with Gasteiger partial charge in [-0.2, -0.15) is 0 Å². The smallest absolute Gasteiger partial charge is 0.247 e. The van der Waals surface area contributed by atoms with Crippen LogP contribution in [-0.4, -0.2) is 33.7 Å². The first kappa shape index (κ1) is 20.1. The van der Waals surface area contributed by atoms with E-state index in [4.69, 9.17) is 16.3 Å². The molecule has 0 bridgehead atoms. The van der Waals surface area contributed by atoms with Gasteiger partial charge in [0, 0.05) is 10.7 Å². The van der Waals surface area contributed by atoms with Crippen molar-refractivity contribution >= 4 is 38.9 Å². The molecule has 0 saturated carbocycles. The molecule has 0 heterocycles. The zero-order chi connectivity index (χ0) is 19.5. The number of carbonyl (C=O) groups is 1. The van der Waals surface area contributed by atoms with Crippen molar-refractivity contribution in [3.05, 3.63) is 53.1 Å². The van der Waals surface area contributed by atoms with Gasteiger partial charge in [0.2, 0.25) is 15.9 Å². The summed E-state index contributed by atoms with van der Waals surface area (Å²) in [5.41, 5.74) is 1.76. The molecule has 2 aromatic carbocycles. The van der Waals surface area contributed by atoms with Crippen molar-refractivity contribution in [1.82, 2.24) is 0 Å². The predicted molar refractivity (Wildman–Crippen MR) is 105 cm³/mol. The number of sulfonamides is 1. The van der Waals surface area contributed by atoms with E-state index < -0.39 is 22.0 Å². The van der Waals surface area contributed by atoms with Crippen LogP contribution < -0.4 is 14.4 Å². The Hall–Kier alpha value is -2.25. The number of hydrogen-bond donors (Lipinski definition) is 1. The van der Waals surface area contributed by atoms with Crippen molar-refractivity contribution < 1.29 is 17.9 Å². The van der Waals surface area contributed by atoms with E-state index >= 15 is 0 Å². The van der Waals surface area contributed by atoms with E-state index in [1.54, 1.807) is 42.5 Å². The fraction of sp³-hybridized carbons (Fsp3) is 0.278. The van der Waals surface area contributed by atoms with Crippen LogP contribution in [-0.2, 0) is 14.8 Å². The Kier molecular flexibility index (Phi) is 6.15. The lowest BCUT2D eigenvalue weighted by molar-refractivity contribution is -0.116. The molecule has 6 nitrogen and oxygen atoms in total. The number of benzene rings is 2. The Labute approximate surface area is 158 Å². The van der Waals surface area contributed by atoms with Gasteiger partial charge in [-0.05, 0) is 55.8 Å². The lowest BCUT2D eigenvalue weighted by Crippen LogP contribution is -2.45. The van der Waals surface area contributed by atoms with Crippen molar-refractivity contribution in [1.29, 1.82) is 0 Å². The normalized spacial score (nSPS) is 12.3. The fourth-order valence-electron chi connectivity index (χ4n) is 2.46. The van der Waals surface area contributed by atoms with Gasteiger partial charge >= 0.3 is 0 Å². The Morgan fingerprint density at radius 2 is 1.81 bits per heavy atom. The molecular weight excluding hydrogens is 376 g/mol. The van der Waals surface area contributed by atoms with E-state index in [2.05, 4.69) is 5.32 Å². The molecular formula is C18H21ClN2O4S. The number of methoxy groups -OCH3 is 1. The zero-order valence-corrected chi connectivity index (χ0v) is 16.6. The van der Waals surface area contributed by atoms with Crippen LogP contribution in [0.1, 0.15) is 12.5 Å². The highest BCUT2D eigenvalue weighted by atomic mass is 35.5. The second-order valence-corrected chi connectivity index (χ2v) is 8.15. The summed E-state index contributed by atoms with van der Waals surface area (Å²) in [7, 11) is -2.16. The Bertz CT molecular complexity index is 898. The van der Waals surface area contributed by atoms with Crippen LogP contribution in [0.4, 0.5) is 11.4 Å². The summed E-state index contributed by atoms with van der Waals surface area (Å²) in [6.07, 6.45) is 1.06. The number of amides is 1. The molecule has 0 saturated heterocycles. The summed E-state index contributed by atoms with van der Waals surface area (Å²) in [5, 5.41) is 3.22. The third-order valence-corrected chi connectivity index (χ3v) is 5.50. The molecule has 26 heavy (non-hydrogen) atoms. The molecule has 0 aliphatic carbocycles. The highest BCUT2D eigenvalue weighted by Gasteiger charge is 2.29. The average Bonchev–Trinajstić information content (AvgIpc) is 2.57. The highest BCUT2D eigenvalue weighted by molar-refractivity contribution is 7.92. The first-order valence-corrected chi connectivity index (χ1v) is 10.1. The molecule has 0 unspecified atom stereocenters. The van der Waals surface area contributed by atoms with Crippen LogP contribution in [0.5, 0.6) is 5.75 Å². The molecule has 0 radical (unpaired) electrons. The largest absolute Gasteiger partial charge is 0.497 e. The van der Waals surface area contributed by atoms with Gasteiger partial charge in [-0.25, -0.2) is 8.42 Å². The summed E-state index contributed by atoms with van der Waals surface area (Å²) >= 11 is 6.07. The van der Waals surface area contributed by atoms with Crippen molar-refractivity contribution in [2.75, 3.05) is 23.0 Å². The molecule has 0 aliphatic heterocycles. The van der Waals surface area contributed by atoms with Gasteiger partial charge in [0.25, 0.3) is 0 Å². The molecule has 8 heteroatoms. The Morgan fingerprint density at radius 1 is 1.19 bits per heavy atom. The molecule has 2 rings (SSSR count). The Balaban J connectivity index is 2.29. The van der Waals surface area contributed by atoms with E-state index in [0.29, 0.717) is 22.1 Å². The summed E-state index contributed by atoms with van der Waals surface area (Å²) in [5.74, 6) is 0.125. The first-order valence-electron chi connectivity index (χ1n) is 7.84. The van der Waals surface area contributed by atoms with Gasteiger partial charge in [0.15, 0.2) is 0 Å². The lowest BCUT2D eigenvalue weighted by Gasteiger charge is -2.28. The van der Waals surface area contributed by atoms with Crippen LogP contribution in [0.2, 0.25) is 5.02 Å². The van der Waals surface area contributed by atoms with Crippen LogP contribution in [0.25, 0.3) is 0 Å². The van der Waals surface area contributed by atoms with Crippen molar-refractivity contribution in [2.45, 2.75) is 19.9 Å². The number of nitrogens with one attached hydrogen (secondary N) is 1. The molecule has 1 N–H and O–H groups in total. The number of carbonyl (C=O) groups excluding carboxylic acids is 1. The van der Waals surface area contributed by atoms with E-state index in [9.17, 15) is 13.2 Å². The first-order chi connectivity index (χ1) is 12.1. The number of ether oxygens (including phenoxy) is 1. The quantitative estimate of drug-likeness (QED) is 0.811. The molecule has 0 aromatic heterocycles. The van der Waals surface area contributed by atoms with Crippen LogP contribution in [0.15, 0.2) is 42.5 Å². The maximum Gasteiger partial charge on any atom is 0.247 e. The molecule has 1 atom stereocenters. The number of nitrogens with zero attached hydrogens (tertiary/aromatic N) is 1. The minimum absolute atomic E-state index is 0.373. The summed E-state index contributed by atoms with van der Waals surface area (Å²) in [6.45, 7) is 3.38. The average molecular weight is 397 g/mol. The second kappa shape index (κ2) is 7.97. The van der Waals surface area contributed by atoms with Crippen molar-refractivity contribution in [3.8, 4) is 5.75 Å². The van der Waals surface area contributed by atoms with E-state index in [0.717, 1.165) is 16.1 Å². The SMILES string of the molecule is COc1ccc(N([C@@H](C)C(=O)Nc2ccc(C)c(Cl)c2)S(C)(=O)=O)cc1. The van der Waals surface area contributed by atoms with Gasteiger partial charge in [-0.15, -0.1) is 0 Å². The number of anilines is 2. The fourth-order valence-corrected chi connectivity index (χ4v) is 3.81. The number of rotatable bonds is 6. The van der Waals surface area contributed by atoms with Gasteiger partial charge in [0.05, 0.1) is 19.1 Å². The summed E-state index contributed by atoms with van der Waals surface area (Å²) in [4.78, 5) is 12.6. The van der Waals surface area contributed by atoms with Gasteiger partial charge in [-0.3, -0.25) is 9.10 Å². The number of hydrogen-bond acceptors (Lipinski definition) is 4. The van der Waals surface area contributed by atoms with Gasteiger partial charge < -0.3 is 10.1 Å². The zero-order valence-electron chi connectivity index (χ0n) is 15.0. The van der Waals surface area contributed by atoms with E-state index in [1.807, 2.05) is 6.92 Å².